The van der Waals surface area contributed by atoms with Gasteiger partial charge in [-0.3, -0.25) is 0 Å². The van der Waals surface area contributed by atoms with Gasteiger partial charge in [0.05, 0.1) is 5.51 Å². The Morgan fingerprint density at radius 1 is 1.50 bits per heavy atom. The lowest BCUT2D eigenvalue weighted by Gasteiger charge is -2.08. The van der Waals surface area contributed by atoms with Gasteiger partial charge in [0.2, 0.25) is 0 Å². The maximum Gasteiger partial charge on any atom is 0.357 e. The number of benzene rings is 1. The van der Waals surface area contributed by atoms with E-state index < -0.39 is 5.97 Å². The van der Waals surface area contributed by atoms with Crippen molar-refractivity contribution >= 4 is 28.0 Å². The molecule has 0 saturated heterocycles. The van der Waals surface area contributed by atoms with Gasteiger partial charge >= 0.3 is 5.97 Å². The highest BCUT2D eigenvalue weighted by molar-refractivity contribution is 7.14. The first-order valence-electron chi connectivity index (χ1n) is 5.65. The van der Waals surface area contributed by atoms with Crippen LogP contribution >= 0.6 is 11.3 Å². The molecule has 5 heteroatoms. The molecule has 18 heavy (non-hydrogen) atoms. The molecule has 2 aromatic rings. The molecule has 0 spiro atoms. The van der Waals surface area contributed by atoms with Gasteiger partial charge in [-0.25, -0.2) is 9.78 Å². The SMILES string of the molecule is CCc1cc(Nc2scnc2C(=O)O)ccc1C. The van der Waals surface area contributed by atoms with Gasteiger partial charge in [0.25, 0.3) is 0 Å². The fourth-order valence-electron chi connectivity index (χ4n) is 1.75. The summed E-state index contributed by atoms with van der Waals surface area (Å²) in [6.07, 6.45) is 0.954. The lowest BCUT2D eigenvalue weighted by molar-refractivity contribution is 0.0692. The topological polar surface area (TPSA) is 62.2 Å². The third kappa shape index (κ3) is 2.51. The number of carbonyl (C=O) groups is 1. The number of hydrogen-bond donors (Lipinski definition) is 2. The van der Waals surface area contributed by atoms with Gasteiger partial charge in [0, 0.05) is 5.69 Å². The van der Waals surface area contributed by atoms with Crippen molar-refractivity contribution in [1.29, 1.82) is 0 Å². The number of nitrogens with one attached hydrogen (secondary N) is 1. The molecule has 1 aromatic carbocycles. The second-order valence-electron chi connectivity index (χ2n) is 3.96. The van der Waals surface area contributed by atoms with Gasteiger partial charge < -0.3 is 10.4 Å². The Morgan fingerprint density at radius 3 is 2.94 bits per heavy atom. The van der Waals surface area contributed by atoms with Crippen LogP contribution in [0, 0.1) is 6.92 Å². The number of aryl methyl sites for hydroxylation is 2. The minimum atomic E-state index is -1.01. The van der Waals surface area contributed by atoms with Crippen LogP contribution in [0.25, 0.3) is 0 Å². The molecule has 1 heterocycles. The van der Waals surface area contributed by atoms with Crippen molar-refractivity contribution in [3.05, 3.63) is 40.5 Å². The van der Waals surface area contributed by atoms with Crippen molar-refractivity contribution < 1.29 is 9.90 Å². The fraction of sp³-hybridized carbons (Fsp3) is 0.231. The minimum Gasteiger partial charge on any atom is -0.476 e. The second kappa shape index (κ2) is 5.18. The van der Waals surface area contributed by atoms with Crippen LogP contribution < -0.4 is 5.32 Å². The molecule has 0 aliphatic carbocycles. The molecule has 0 fully saturated rings. The average Bonchev–Trinajstić information content (AvgIpc) is 2.80. The summed E-state index contributed by atoms with van der Waals surface area (Å²) in [6, 6.07) is 6.02. The maximum atomic E-state index is 11.0. The number of nitrogens with zero attached hydrogens (tertiary/aromatic N) is 1. The van der Waals surface area contributed by atoms with Crippen LogP contribution in [0.15, 0.2) is 23.7 Å². The zero-order valence-corrected chi connectivity index (χ0v) is 11.0. The first-order valence-corrected chi connectivity index (χ1v) is 6.53. The molecule has 1 aromatic heterocycles. The van der Waals surface area contributed by atoms with Crippen molar-refractivity contribution in [3.8, 4) is 0 Å². The molecular weight excluding hydrogens is 248 g/mol. The van der Waals surface area contributed by atoms with Crippen LogP contribution in [-0.2, 0) is 6.42 Å². The van der Waals surface area contributed by atoms with E-state index in [1.165, 1.54) is 28.0 Å². The van der Waals surface area contributed by atoms with Crippen LogP contribution in [0.2, 0.25) is 0 Å². The molecule has 2 rings (SSSR count). The number of carboxylic acid groups (broad SMARTS) is 1. The fourth-order valence-corrected chi connectivity index (χ4v) is 2.44. The van der Waals surface area contributed by atoms with Crippen LogP contribution in [0.5, 0.6) is 0 Å². The van der Waals surface area contributed by atoms with E-state index in [1.807, 2.05) is 18.2 Å². The predicted octanol–water partition coefficient (Wildman–Crippen LogP) is 3.46. The first-order chi connectivity index (χ1) is 8.61. The Labute approximate surface area is 109 Å². The largest absolute Gasteiger partial charge is 0.476 e. The monoisotopic (exact) mass is 262 g/mol. The summed E-state index contributed by atoms with van der Waals surface area (Å²) in [5, 5.41) is 12.7. The van der Waals surface area contributed by atoms with Gasteiger partial charge in [0.1, 0.15) is 5.00 Å². The Hall–Kier alpha value is -1.88. The summed E-state index contributed by atoms with van der Waals surface area (Å²) >= 11 is 1.29. The number of thiazole rings is 1. The van der Waals surface area contributed by atoms with Gasteiger partial charge in [-0.05, 0) is 36.6 Å². The maximum absolute atomic E-state index is 11.0. The van der Waals surface area contributed by atoms with Gasteiger partial charge in [0.15, 0.2) is 5.69 Å². The van der Waals surface area contributed by atoms with Crippen LogP contribution in [-0.4, -0.2) is 16.1 Å². The molecule has 0 atom stereocenters. The number of aromatic carboxylic acids is 1. The molecule has 0 aliphatic rings. The number of hydrogen-bond acceptors (Lipinski definition) is 4. The predicted molar refractivity (Wildman–Crippen MR) is 72.9 cm³/mol. The highest BCUT2D eigenvalue weighted by Gasteiger charge is 2.13. The molecule has 0 aliphatic heterocycles. The molecule has 2 N–H and O–H groups in total. The summed E-state index contributed by atoms with van der Waals surface area (Å²) in [5.74, 6) is -1.01. The molecule has 0 radical (unpaired) electrons. The quantitative estimate of drug-likeness (QED) is 0.885. The molecule has 0 saturated carbocycles. The van der Waals surface area contributed by atoms with Crippen LogP contribution in [0.3, 0.4) is 0 Å². The molecule has 0 amide bonds. The molecule has 4 nitrogen and oxygen atoms in total. The zero-order valence-electron chi connectivity index (χ0n) is 10.2. The van der Waals surface area contributed by atoms with Crippen molar-refractivity contribution in [3.63, 3.8) is 0 Å². The van der Waals surface area contributed by atoms with Crippen molar-refractivity contribution in [2.75, 3.05) is 5.32 Å². The summed E-state index contributed by atoms with van der Waals surface area (Å²) in [5.41, 5.74) is 4.98. The van der Waals surface area contributed by atoms with Crippen LogP contribution in [0.4, 0.5) is 10.7 Å². The second-order valence-corrected chi connectivity index (χ2v) is 4.81. The Bertz CT molecular complexity index is 578. The van der Waals surface area contributed by atoms with Gasteiger partial charge in [-0.1, -0.05) is 13.0 Å². The van der Waals surface area contributed by atoms with E-state index in [0.29, 0.717) is 5.00 Å². The van der Waals surface area contributed by atoms with E-state index >= 15 is 0 Å². The highest BCUT2D eigenvalue weighted by Crippen LogP contribution is 2.26. The van der Waals surface area contributed by atoms with E-state index in [4.69, 9.17) is 5.11 Å². The summed E-state index contributed by atoms with van der Waals surface area (Å²) < 4.78 is 0. The van der Waals surface area contributed by atoms with Gasteiger partial charge in [-0.15, -0.1) is 11.3 Å². The number of aromatic nitrogens is 1. The average molecular weight is 262 g/mol. The van der Waals surface area contributed by atoms with Crippen LogP contribution in [0.1, 0.15) is 28.5 Å². The zero-order chi connectivity index (χ0) is 13.1. The lowest BCUT2D eigenvalue weighted by Crippen LogP contribution is -2.01. The summed E-state index contributed by atoms with van der Waals surface area (Å²) in [7, 11) is 0. The molecule has 0 bridgehead atoms. The lowest BCUT2D eigenvalue weighted by atomic mass is 10.1. The van der Waals surface area contributed by atoms with E-state index in [1.54, 1.807) is 0 Å². The Morgan fingerprint density at radius 2 is 2.28 bits per heavy atom. The summed E-state index contributed by atoms with van der Waals surface area (Å²) in [6.45, 7) is 4.17. The number of carboxylic acids is 1. The standard InChI is InChI=1S/C13H14N2O2S/c1-3-9-6-10(5-4-8(9)2)15-12-11(13(16)17)14-7-18-12/h4-7,15H,3H2,1-2H3,(H,16,17). The smallest absolute Gasteiger partial charge is 0.357 e. The van der Waals surface area contributed by atoms with E-state index in [-0.39, 0.29) is 5.69 Å². The number of rotatable bonds is 4. The molecular formula is C13H14N2O2S. The Kier molecular flexibility index (Phi) is 3.62. The van der Waals surface area contributed by atoms with Gasteiger partial charge in [-0.2, -0.15) is 0 Å². The van der Waals surface area contributed by atoms with E-state index in [9.17, 15) is 4.79 Å². The van der Waals surface area contributed by atoms with Crippen molar-refractivity contribution in [1.82, 2.24) is 4.98 Å². The Balaban J connectivity index is 2.28. The minimum absolute atomic E-state index is 0.0682. The van der Waals surface area contributed by atoms with Crippen molar-refractivity contribution in [2.45, 2.75) is 20.3 Å². The highest BCUT2D eigenvalue weighted by atomic mass is 32.1. The van der Waals surface area contributed by atoms with E-state index in [0.717, 1.165) is 12.1 Å². The van der Waals surface area contributed by atoms with Crippen molar-refractivity contribution in [2.24, 2.45) is 0 Å². The summed E-state index contributed by atoms with van der Waals surface area (Å²) in [4.78, 5) is 14.8. The first kappa shape index (κ1) is 12.6. The molecule has 94 valence electrons. The third-order valence-electron chi connectivity index (χ3n) is 2.76. The third-order valence-corrected chi connectivity index (χ3v) is 3.50. The number of anilines is 2. The normalized spacial score (nSPS) is 10.3. The van der Waals surface area contributed by atoms with E-state index in [2.05, 4.69) is 24.1 Å². The molecule has 0 unspecified atom stereocenters.